The molecule has 0 aliphatic heterocycles. The van der Waals surface area contributed by atoms with Crippen molar-refractivity contribution in [3.05, 3.63) is 29.1 Å². The number of aliphatic hydroxyl groups is 1. The van der Waals surface area contributed by atoms with Crippen molar-refractivity contribution in [1.29, 1.82) is 0 Å². The SMILES string of the molecule is Cc1cnc(CO)cc1C. The Bertz CT molecular complexity index is 233. The predicted molar refractivity (Wildman–Crippen MR) is 39.6 cm³/mol. The fraction of sp³-hybridized carbons (Fsp3) is 0.375. The summed E-state index contributed by atoms with van der Waals surface area (Å²) in [5.74, 6) is 0. The first-order valence-electron chi connectivity index (χ1n) is 3.27. The van der Waals surface area contributed by atoms with Gasteiger partial charge in [0.25, 0.3) is 0 Å². The van der Waals surface area contributed by atoms with Gasteiger partial charge in [-0.05, 0) is 31.0 Å². The van der Waals surface area contributed by atoms with E-state index in [0.717, 1.165) is 11.3 Å². The second kappa shape index (κ2) is 2.80. The average molecular weight is 137 g/mol. The minimum atomic E-state index is 0.0289. The maximum Gasteiger partial charge on any atom is 0.0853 e. The number of aliphatic hydroxyl groups excluding tert-OH is 1. The van der Waals surface area contributed by atoms with E-state index < -0.39 is 0 Å². The highest BCUT2D eigenvalue weighted by molar-refractivity contribution is 5.23. The molecule has 0 aliphatic carbocycles. The second-order valence-electron chi connectivity index (χ2n) is 2.42. The lowest BCUT2D eigenvalue weighted by Crippen LogP contribution is -1.91. The molecule has 0 atom stereocenters. The van der Waals surface area contributed by atoms with Crippen molar-refractivity contribution in [1.82, 2.24) is 4.98 Å². The third kappa shape index (κ3) is 1.33. The van der Waals surface area contributed by atoms with Crippen LogP contribution in [0.2, 0.25) is 0 Å². The predicted octanol–water partition coefficient (Wildman–Crippen LogP) is 1.19. The molecule has 0 unspecified atom stereocenters. The number of aryl methyl sites for hydroxylation is 2. The minimum absolute atomic E-state index is 0.0289. The largest absolute Gasteiger partial charge is 0.390 e. The molecule has 2 nitrogen and oxygen atoms in total. The second-order valence-corrected chi connectivity index (χ2v) is 2.42. The highest BCUT2D eigenvalue weighted by Gasteiger charge is 1.94. The van der Waals surface area contributed by atoms with Gasteiger partial charge in [-0.3, -0.25) is 4.98 Å². The van der Waals surface area contributed by atoms with E-state index in [1.807, 2.05) is 19.9 Å². The molecule has 2 heteroatoms. The molecule has 0 fully saturated rings. The summed E-state index contributed by atoms with van der Waals surface area (Å²) < 4.78 is 0. The van der Waals surface area contributed by atoms with E-state index in [2.05, 4.69) is 4.98 Å². The Kier molecular flexibility index (Phi) is 2.02. The Balaban J connectivity index is 3.04. The Morgan fingerprint density at radius 1 is 1.40 bits per heavy atom. The van der Waals surface area contributed by atoms with Crippen molar-refractivity contribution in [3.63, 3.8) is 0 Å². The van der Waals surface area contributed by atoms with Crippen molar-refractivity contribution in [3.8, 4) is 0 Å². The molecule has 54 valence electrons. The fourth-order valence-electron chi connectivity index (χ4n) is 0.769. The van der Waals surface area contributed by atoms with Crippen LogP contribution in [-0.2, 0) is 6.61 Å². The fourth-order valence-corrected chi connectivity index (χ4v) is 0.769. The van der Waals surface area contributed by atoms with Crippen LogP contribution in [0.1, 0.15) is 16.8 Å². The zero-order chi connectivity index (χ0) is 7.56. The van der Waals surface area contributed by atoms with Crippen molar-refractivity contribution in [2.45, 2.75) is 20.5 Å². The Hall–Kier alpha value is -0.890. The molecule has 0 radical (unpaired) electrons. The summed E-state index contributed by atoms with van der Waals surface area (Å²) >= 11 is 0. The lowest BCUT2D eigenvalue weighted by Gasteiger charge is -1.99. The summed E-state index contributed by atoms with van der Waals surface area (Å²) in [6.07, 6.45) is 1.78. The van der Waals surface area contributed by atoms with Crippen LogP contribution in [0, 0.1) is 13.8 Å². The van der Waals surface area contributed by atoms with Crippen LogP contribution >= 0.6 is 0 Å². The first kappa shape index (κ1) is 7.22. The van der Waals surface area contributed by atoms with E-state index in [4.69, 9.17) is 5.11 Å². The maximum absolute atomic E-state index is 8.69. The van der Waals surface area contributed by atoms with E-state index in [1.54, 1.807) is 6.20 Å². The third-order valence-corrected chi connectivity index (χ3v) is 1.59. The monoisotopic (exact) mass is 137 g/mol. The summed E-state index contributed by atoms with van der Waals surface area (Å²) in [7, 11) is 0. The van der Waals surface area contributed by atoms with Crippen molar-refractivity contribution < 1.29 is 5.11 Å². The van der Waals surface area contributed by atoms with Crippen LogP contribution in [-0.4, -0.2) is 10.1 Å². The summed E-state index contributed by atoms with van der Waals surface area (Å²) in [6.45, 7) is 4.04. The van der Waals surface area contributed by atoms with Gasteiger partial charge in [-0.25, -0.2) is 0 Å². The van der Waals surface area contributed by atoms with Crippen LogP contribution in [0.25, 0.3) is 0 Å². The molecule has 0 aromatic carbocycles. The minimum Gasteiger partial charge on any atom is -0.390 e. The zero-order valence-electron chi connectivity index (χ0n) is 6.26. The lowest BCUT2D eigenvalue weighted by atomic mass is 10.1. The van der Waals surface area contributed by atoms with Gasteiger partial charge < -0.3 is 5.11 Å². The number of pyridine rings is 1. The molecule has 0 spiro atoms. The first-order valence-corrected chi connectivity index (χ1v) is 3.27. The van der Waals surface area contributed by atoms with Crippen LogP contribution < -0.4 is 0 Å². The van der Waals surface area contributed by atoms with Crippen molar-refractivity contribution in [2.24, 2.45) is 0 Å². The van der Waals surface area contributed by atoms with Crippen LogP contribution in [0.5, 0.6) is 0 Å². The molecule has 1 heterocycles. The molecule has 1 aromatic heterocycles. The summed E-state index contributed by atoms with van der Waals surface area (Å²) in [6, 6.07) is 1.90. The summed E-state index contributed by atoms with van der Waals surface area (Å²) in [4.78, 5) is 4.01. The van der Waals surface area contributed by atoms with E-state index in [-0.39, 0.29) is 6.61 Å². The molecule has 0 saturated heterocycles. The Morgan fingerprint density at radius 2 is 2.10 bits per heavy atom. The molecular weight excluding hydrogens is 126 g/mol. The van der Waals surface area contributed by atoms with Gasteiger partial charge in [0, 0.05) is 6.20 Å². The zero-order valence-corrected chi connectivity index (χ0v) is 6.26. The van der Waals surface area contributed by atoms with E-state index in [0.29, 0.717) is 0 Å². The van der Waals surface area contributed by atoms with Crippen LogP contribution in [0.4, 0.5) is 0 Å². The van der Waals surface area contributed by atoms with Gasteiger partial charge in [-0.1, -0.05) is 0 Å². The lowest BCUT2D eigenvalue weighted by molar-refractivity contribution is 0.276. The smallest absolute Gasteiger partial charge is 0.0853 e. The van der Waals surface area contributed by atoms with Gasteiger partial charge in [-0.2, -0.15) is 0 Å². The standard InChI is InChI=1S/C8H11NO/c1-6-3-8(5-10)9-4-7(6)2/h3-4,10H,5H2,1-2H3. The highest BCUT2D eigenvalue weighted by Crippen LogP contribution is 2.05. The van der Waals surface area contributed by atoms with Gasteiger partial charge in [0.1, 0.15) is 0 Å². The molecule has 0 aliphatic rings. The Labute approximate surface area is 60.5 Å². The van der Waals surface area contributed by atoms with E-state index >= 15 is 0 Å². The number of hydrogen-bond donors (Lipinski definition) is 1. The van der Waals surface area contributed by atoms with Crippen LogP contribution in [0.15, 0.2) is 12.3 Å². The quantitative estimate of drug-likeness (QED) is 0.630. The van der Waals surface area contributed by atoms with E-state index in [1.165, 1.54) is 5.56 Å². The number of hydrogen-bond acceptors (Lipinski definition) is 2. The topological polar surface area (TPSA) is 33.1 Å². The number of rotatable bonds is 1. The highest BCUT2D eigenvalue weighted by atomic mass is 16.3. The third-order valence-electron chi connectivity index (χ3n) is 1.59. The normalized spacial score (nSPS) is 9.90. The van der Waals surface area contributed by atoms with Gasteiger partial charge in [0.15, 0.2) is 0 Å². The molecule has 1 aromatic rings. The molecule has 0 saturated carbocycles. The molecule has 10 heavy (non-hydrogen) atoms. The molecule has 1 rings (SSSR count). The molecule has 1 N–H and O–H groups in total. The van der Waals surface area contributed by atoms with Crippen molar-refractivity contribution in [2.75, 3.05) is 0 Å². The Morgan fingerprint density at radius 3 is 2.60 bits per heavy atom. The molecule has 0 bridgehead atoms. The van der Waals surface area contributed by atoms with Gasteiger partial charge >= 0.3 is 0 Å². The summed E-state index contributed by atoms with van der Waals surface area (Å²) in [5.41, 5.74) is 3.08. The van der Waals surface area contributed by atoms with Crippen LogP contribution in [0.3, 0.4) is 0 Å². The average Bonchev–Trinajstić information content (AvgIpc) is 1.95. The van der Waals surface area contributed by atoms with Gasteiger partial charge in [0.2, 0.25) is 0 Å². The summed E-state index contributed by atoms with van der Waals surface area (Å²) in [5, 5.41) is 8.69. The first-order chi connectivity index (χ1) is 4.74. The molecule has 0 amide bonds. The molecular formula is C8H11NO. The number of aromatic nitrogens is 1. The van der Waals surface area contributed by atoms with Gasteiger partial charge in [-0.15, -0.1) is 0 Å². The van der Waals surface area contributed by atoms with Crippen molar-refractivity contribution >= 4 is 0 Å². The van der Waals surface area contributed by atoms with E-state index in [9.17, 15) is 0 Å². The van der Waals surface area contributed by atoms with Gasteiger partial charge in [0.05, 0.1) is 12.3 Å². The maximum atomic E-state index is 8.69. The number of nitrogens with zero attached hydrogens (tertiary/aromatic N) is 1.